The normalized spacial score (nSPS) is 11.5. The smallest absolute Gasteiger partial charge is 0.335 e. The molecular formula is C19H25NO2. The zero-order valence-corrected chi connectivity index (χ0v) is 13.9. The molecule has 0 heterocycles. The highest BCUT2D eigenvalue weighted by atomic mass is 16.4. The third-order valence-electron chi connectivity index (χ3n) is 3.04. The monoisotopic (exact) mass is 299 g/mol. The lowest BCUT2D eigenvalue weighted by Crippen LogP contribution is -2.23. The van der Waals surface area contributed by atoms with E-state index in [9.17, 15) is 4.79 Å². The van der Waals surface area contributed by atoms with Gasteiger partial charge in [0, 0.05) is 18.5 Å². The van der Waals surface area contributed by atoms with Gasteiger partial charge in [-0.2, -0.15) is 0 Å². The van der Waals surface area contributed by atoms with Crippen LogP contribution in [-0.2, 0) is 6.54 Å². The standard InChI is InChI=1S/C19H25NO2/c1-5-20(13-8-6-7-12-19(2,3)4)15-16-10-9-11-17(14-16)18(21)22/h6,8-11,14H,5,13,15H2,1-4H3,(H,21,22). The van der Waals surface area contributed by atoms with E-state index in [1.165, 1.54) is 0 Å². The zero-order valence-electron chi connectivity index (χ0n) is 13.9. The molecule has 0 saturated carbocycles. The fourth-order valence-corrected chi connectivity index (χ4v) is 1.89. The Bertz CT molecular complexity index is 585. The molecule has 3 heteroatoms. The second-order valence-electron chi connectivity index (χ2n) is 6.25. The van der Waals surface area contributed by atoms with E-state index < -0.39 is 5.97 Å². The molecule has 0 fully saturated rings. The molecule has 22 heavy (non-hydrogen) atoms. The van der Waals surface area contributed by atoms with Gasteiger partial charge in [0.25, 0.3) is 0 Å². The minimum atomic E-state index is -0.887. The molecule has 3 nitrogen and oxygen atoms in total. The Labute approximate surface area is 133 Å². The van der Waals surface area contributed by atoms with Crippen LogP contribution in [0.3, 0.4) is 0 Å². The molecule has 0 saturated heterocycles. The van der Waals surface area contributed by atoms with Crippen molar-refractivity contribution >= 4 is 5.97 Å². The average molecular weight is 299 g/mol. The summed E-state index contributed by atoms with van der Waals surface area (Å²) in [4.78, 5) is 13.2. The van der Waals surface area contributed by atoms with Crippen molar-refractivity contribution in [2.45, 2.75) is 34.2 Å². The van der Waals surface area contributed by atoms with Gasteiger partial charge in [0.15, 0.2) is 0 Å². The van der Waals surface area contributed by atoms with E-state index >= 15 is 0 Å². The number of hydrogen-bond donors (Lipinski definition) is 1. The van der Waals surface area contributed by atoms with E-state index in [-0.39, 0.29) is 5.41 Å². The number of carboxylic acids is 1. The molecule has 0 radical (unpaired) electrons. The maximum Gasteiger partial charge on any atom is 0.335 e. The molecule has 0 spiro atoms. The summed E-state index contributed by atoms with van der Waals surface area (Å²) in [6.45, 7) is 10.8. The molecule has 0 unspecified atom stereocenters. The van der Waals surface area contributed by atoms with Gasteiger partial charge in [0.1, 0.15) is 0 Å². The zero-order chi connectivity index (χ0) is 16.6. The lowest BCUT2D eigenvalue weighted by Gasteiger charge is -2.18. The first-order chi connectivity index (χ1) is 10.3. The molecule has 0 aliphatic rings. The first kappa shape index (κ1) is 18.0. The summed E-state index contributed by atoms with van der Waals surface area (Å²) in [6.07, 6.45) is 3.94. The molecule has 0 aliphatic carbocycles. The SMILES string of the molecule is CCN(CC=CC#CC(C)(C)C)Cc1cccc(C(=O)O)c1. The Morgan fingerprint density at radius 3 is 2.68 bits per heavy atom. The van der Waals surface area contributed by atoms with E-state index in [0.717, 1.165) is 25.2 Å². The number of nitrogens with zero attached hydrogens (tertiary/aromatic N) is 1. The number of benzene rings is 1. The second-order valence-corrected chi connectivity index (χ2v) is 6.25. The number of hydrogen-bond acceptors (Lipinski definition) is 2. The van der Waals surface area contributed by atoms with Gasteiger partial charge in [-0.05, 0) is 51.1 Å². The van der Waals surface area contributed by atoms with Crippen molar-refractivity contribution in [3.8, 4) is 11.8 Å². The number of carbonyl (C=O) groups is 1. The molecular weight excluding hydrogens is 274 g/mol. The number of carboxylic acid groups (broad SMARTS) is 1. The van der Waals surface area contributed by atoms with Crippen LogP contribution in [0.2, 0.25) is 0 Å². The maximum atomic E-state index is 11.0. The average Bonchev–Trinajstić information content (AvgIpc) is 2.44. The van der Waals surface area contributed by atoms with Crippen molar-refractivity contribution in [1.82, 2.24) is 4.90 Å². The van der Waals surface area contributed by atoms with Gasteiger partial charge in [-0.1, -0.05) is 37.0 Å². The van der Waals surface area contributed by atoms with Gasteiger partial charge < -0.3 is 5.11 Å². The molecule has 0 atom stereocenters. The molecule has 1 rings (SSSR count). The largest absolute Gasteiger partial charge is 0.478 e. The van der Waals surface area contributed by atoms with Crippen LogP contribution in [0.4, 0.5) is 0 Å². The summed E-state index contributed by atoms with van der Waals surface area (Å²) in [5, 5.41) is 9.03. The highest BCUT2D eigenvalue weighted by Crippen LogP contribution is 2.10. The quantitative estimate of drug-likeness (QED) is 0.812. The number of allylic oxidation sites excluding steroid dienone is 1. The van der Waals surface area contributed by atoms with Crippen LogP contribution >= 0.6 is 0 Å². The van der Waals surface area contributed by atoms with E-state index in [0.29, 0.717) is 5.56 Å². The minimum absolute atomic E-state index is 0.0199. The van der Waals surface area contributed by atoms with Crippen molar-refractivity contribution in [2.24, 2.45) is 5.41 Å². The molecule has 0 aliphatic heterocycles. The van der Waals surface area contributed by atoms with Crippen LogP contribution in [0.5, 0.6) is 0 Å². The number of aromatic carboxylic acids is 1. The predicted octanol–water partition coefficient (Wildman–Crippen LogP) is 3.81. The maximum absolute atomic E-state index is 11.0. The van der Waals surface area contributed by atoms with Crippen LogP contribution in [0.15, 0.2) is 36.4 Å². The molecule has 1 aromatic rings. The first-order valence-corrected chi connectivity index (χ1v) is 7.54. The van der Waals surface area contributed by atoms with Gasteiger partial charge >= 0.3 is 5.97 Å². The third kappa shape index (κ3) is 7.10. The van der Waals surface area contributed by atoms with Crippen LogP contribution in [0.25, 0.3) is 0 Å². The molecule has 0 bridgehead atoms. The summed E-state index contributed by atoms with van der Waals surface area (Å²) in [5.41, 5.74) is 1.36. The van der Waals surface area contributed by atoms with Gasteiger partial charge in [0.05, 0.1) is 5.56 Å². The fourth-order valence-electron chi connectivity index (χ4n) is 1.89. The van der Waals surface area contributed by atoms with E-state index in [1.54, 1.807) is 18.2 Å². The van der Waals surface area contributed by atoms with Crippen molar-refractivity contribution in [3.63, 3.8) is 0 Å². The summed E-state index contributed by atoms with van der Waals surface area (Å²) in [5.74, 6) is 5.33. The topological polar surface area (TPSA) is 40.5 Å². The Morgan fingerprint density at radius 2 is 2.09 bits per heavy atom. The van der Waals surface area contributed by atoms with Gasteiger partial charge in [-0.15, -0.1) is 0 Å². The lowest BCUT2D eigenvalue weighted by molar-refractivity contribution is 0.0696. The van der Waals surface area contributed by atoms with Gasteiger partial charge in [0.2, 0.25) is 0 Å². The molecule has 1 N–H and O–H groups in total. The highest BCUT2D eigenvalue weighted by molar-refractivity contribution is 5.87. The predicted molar refractivity (Wildman–Crippen MR) is 90.7 cm³/mol. The number of likely N-dealkylation sites (N-methyl/N-ethyl adjacent to an activating group) is 1. The Kier molecular flexibility index (Phi) is 6.88. The van der Waals surface area contributed by atoms with E-state index in [2.05, 4.69) is 44.4 Å². The Hall–Kier alpha value is -2.05. The Balaban J connectivity index is 2.62. The highest BCUT2D eigenvalue weighted by Gasteiger charge is 2.06. The lowest BCUT2D eigenvalue weighted by atomic mass is 9.98. The second kappa shape index (κ2) is 8.41. The molecule has 1 aromatic carbocycles. The van der Waals surface area contributed by atoms with Crippen LogP contribution in [0, 0.1) is 17.3 Å². The van der Waals surface area contributed by atoms with Crippen molar-refractivity contribution in [2.75, 3.05) is 13.1 Å². The van der Waals surface area contributed by atoms with Gasteiger partial charge in [-0.25, -0.2) is 4.79 Å². The molecule has 0 amide bonds. The van der Waals surface area contributed by atoms with Crippen molar-refractivity contribution < 1.29 is 9.90 Å². The van der Waals surface area contributed by atoms with E-state index in [1.807, 2.05) is 18.2 Å². The fraction of sp³-hybridized carbons (Fsp3) is 0.421. The minimum Gasteiger partial charge on any atom is -0.478 e. The van der Waals surface area contributed by atoms with Crippen molar-refractivity contribution in [3.05, 3.63) is 47.5 Å². The van der Waals surface area contributed by atoms with Crippen LogP contribution < -0.4 is 0 Å². The van der Waals surface area contributed by atoms with E-state index in [4.69, 9.17) is 5.11 Å². The Morgan fingerprint density at radius 1 is 1.36 bits per heavy atom. The van der Waals surface area contributed by atoms with Crippen LogP contribution in [-0.4, -0.2) is 29.1 Å². The van der Waals surface area contributed by atoms with Crippen LogP contribution in [0.1, 0.15) is 43.6 Å². The van der Waals surface area contributed by atoms with Gasteiger partial charge in [-0.3, -0.25) is 4.90 Å². The summed E-state index contributed by atoms with van der Waals surface area (Å²) >= 11 is 0. The molecule has 118 valence electrons. The summed E-state index contributed by atoms with van der Waals surface area (Å²) in [7, 11) is 0. The first-order valence-electron chi connectivity index (χ1n) is 7.54. The number of rotatable bonds is 6. The van der Waals surface area contributed by atoms with Crippen molar-refractivity contribution in [1.29, 1.82) is 0 Å². The molecule has 0 aromatic heterocycles. The summed E-state index contributed by atoms with van der Waals surface area (Å²) < 4.78 is 0. The summed E-state index contributed by atoms with van der Waals surface area (Å²) in [6, 6.07) is 7.09. The third-order valence-corrected chi connectivity index (χ3v) is 3.04.